The molecule has 2 N–H and O–H groups in total. The summed E-state index contributed by atoms with van der Waals surface area (Å²) in [5.74, 6) is -0.260. The molecule has 5 aromatic rings. The zero-order valence-electron chi connectivity index (χ0n) is 19.1. The molecular weight excluding hydrogens is 466 g/mol. The molecule has 35 heavy (non-hydrogen) atoms. The van der Waals surface area contributed by atoms with Gasteiger partial charge in [0.2, 0.25) is 10.0 Å². The summed E-state index contributed by atoms with van der Waals surface area (Å²) in [6.45, 7) is 0.0948. The van der Waals surface area contributed by atoms with Crippen LogP contribution in [0.15, 0.2) is 87.5 Å². The first-order valence-corrected chi connectivity index (χ1v) is 12.4. The molecule has 178 valence electrons. The molecule has 5 rings (SSSR count). The van der Waals surface area contributed by atoms with Crippen molar-refractivity contribution in [3.05, 3.63) is 105 Å². The molecule has 0 spiro atoms. The second-order valence-electron chi connectivity index (χ2n) is 8.35. The van der Waals surface area contributed by atoms with Crippen molar-refractivity contribution in [1.29, 1.82) is 0 Å². The van der Waals surface area contributed by atoms with Crippen LogP contribution in [0.25, 0.3) is 21.9 Å². The summed E-state index contributed by atoms with van der Waals surface area (Å²) in [5.41, 5.74) is 1.88. The van der Waals surface area contributed by atoms with Crippen LogP contribution in [0.5, 0.6) is 0 Å². The Kier molecular flexibility index (Phi) is 5.62. The number of sulfonamides is 1. The number of nitrogens with zero attached hydrogens (tertiary/aromatic N) is 3. The highest BCUT2D eigenvalue weighted by atomic mass is 32.2. The smallest absolute Gasteiger partial charge is 0.332 e. The molecule has 2 aromatic carbocycles. The molecule has 0 aliphatic rings. The minimum atomic E-state index is -4.01. The number of aryl methyl sites for hydroxylation is 1. The Balaban J connectivity index is 1.53. The molecule has 0 amide bonds. The van der Waals surface area contributed by atoms with Gasteiger partial charge in [-0.15, -0.1) is 0 Å². The Bertz CT molecular complexity index is 1790. The van der Waals surface area contributed by atoms with E-state index in [0.29, 0.717) is 0 Å². The lowest BCUT2D eigenvalue weighted by molar-refractivity contribution is 0.577. The molecule has 3 aromatic heterocycles. The van der Waals surface area contributed by atoms with Gasteiger partial charge in [0.15, 0.2) is 0 Å². The van der Waals surface area contributed by atoms with Crippen LogP contribution in [0.4, 0.5) is 0 Å². The number of aromatic amines is 1. The van der Waals surface area contributed by atoms with E-state index in [0.717, 1.165) is 32.8 Å². The number of benzene rings is 2. The number of hydrogen-bond acceptors (Lipinski definition) is 5. The van der Waals surface area contributed by atoms with Gasteiger partial charge in [0.25, 0.3) is 5.56 Å². The van der Waals surface area contributed by atoms with Crippen molar-refractivity contribution in [2.45, 2.75) is 10.8 Å². The Hall–Kier alpha value is -4.02. The van der Waals surface area contributed by atoms with E-state index in [2.05, 4.69) is 14.7 Å². The Labute approximate surface area is 200 Å². The third-order valence-electron chi connectivity index (χ3n) is 6.25. The molecule has 0 radical (unpaired) electrons. The van der Waals surface area contributed by atoms with Crippen LogP contribution in [0.2, 0.25) is 0 Å². The number of rotatable bonds is 6. The Morgan fingerprint density at radius 3 is 2.46 bits per heavy atom. The van der Waals surface area contributed by atoms with Gasteiger partial charge in [0.05, 0.1) is 5.39 Å². The third kappa shape index (κ3) is 3.96. The summed E-state index contributed by atoms with van der Waals surface area (Å²) < 4.78 is 31.3. The van der Waals surface area contributed by atoms with Crippen LogP contribution in [0.3, 0.4) is 0 Å². The van der Waals surface area contributed by atoms with Crippen molar-refractivity contribution in [2.24, 2.45) is 14.1 Å². The van der Waals surface area contributed by atoms with E-state index in [4.69, 9.17) is 0 Å². The molecule has 1 atom stereocenters. The van der Waals surface area contributed by atoms with Gasteiger partial charge in [-0.25, -0.2) is 22.9 Å². The average Bonchev–Trinajstić information content (AvgIpc) is 3.30. The zero-order valence-corrected chi connectivity index (χ0v) is 19.9. The molecule has 0 aliphatic heterocycles. The third-order valence-corrected chi connectivity index (χ3v) is 7.65. The van der Waals surface area contributed by atoms with Gasteiger partial charge < -0.3 is 4.98 Å². The largest absolute Gasteiger partial charge is 0.361 e. The Morgan fingerprint density at radius 2 is 1.69 bits per heavy atom. The second kappa shape index (κ2) is 8.64. The van der Waals surface area contributed by atoms with E-state index in [1.165, 1.54) is 24.7 Å². The number of H-pyrrole nitrogens is 1. The van der Waals surface area contributed by atoms with Crippen molar-refractivity contribution in [3.63, 3.8) is 0 Å². The molecule has 0 fully saturated rings. The highest BCUT2D eigenvalue weighted by Gasteiger charge is 2.23. The summed E-state index contributed by atoms with van der Waals surface area (Å²) in [6.07, 6.45) is 3.06. The van der Waals surface area contributed by atoms with E-state index < -0.39 is 21.3 Å². The number of hydrogen-bond donors (Lipinski definition) is 2. The van der Waals surface area contributed by atoms with Crippen LogP contribution >= 0.6 is 0 Å². The molecule has 3 heterocycles. The predicted molar refractivity (Wildman–Crippen MR) is 134 cm³/mol. The maximum atomic E-state index is 13.3. The number of aromatic nitrogens is 4. The Morgan fingerprint density at radius 1 is 0.971 bits per heavy atom. The lowest BCUT2D eigenvalue weighted by Gasteiger charge is -2.18. The summed E-state index contributed by atoms with van der Waals surface area (Å²) >= 11 is 0. The van der Waals surface area contributed by atoms with Gasteiger partial charge in [0.1, 0.15) is 10.5 Å². The van der Waals surface area contributed by atoms with E-state index in [1.54, 1.807) is 0 Å². The zero-order chi connectivity index (χ0) is 24.7. The lowest BCUT2D eigenvalue weighted by Crippen LogP contribution is -2.37. The monoisotopic (exact) mass is 489 g/mol. The maximum absolute atomic E-state index is 13.3. The fourth-order valence-corrected chi connectivity index (χ4v) is 5.36. The quantitative estimate of drug-likeness (QED) is 0.379. The second-order valence-corrected chi connectivity index (χ2v) is 10.1. The van der Waals surface area contributed by atoms with E-state index >= 15 is 0 Å². The van der Waals surface area contributed by atoms with Crippen LogP contribution in [0, 0.1) is 0 Å². The van der Waals surface area contributed by atoms with Crippen LogP contribution in [-0.4, -0.2) is 34.1 Å². The first-order chi connectivity index (χ1) is 16.8. The molecule has 0 saturated heterocycles. The predicted octanol–water partition coefficient (Wildman–Crippen LogP) is 2.22. The van der Waals surface area contributed by atoms with Gasteiger partial charge in [0, 0.05) is 49.9 Å². The first kappa shape index (κ1) is 22.8. The molecule has 0 bridgehead atoms. The number of nitrogens with one attached hydrogen (secondary N) is 2. The lowest BCUT2D eigenvalue weighted by atomic mass is 9.91. The van der Waals surface area contributed by atoms with Gasteiger partial charge >= 0.3 is 5.69 Å². The van der Waals surface area contributed by atoms with Crippen molar-refractivity contribution < 1.29 is 8.42 Å². The molecule has 9 nitrogen and oxygen atoms in total. The SMILES string of the molecule is Cn1c(=O)c2cc(S(=O)(=O)NC[C@H](c3ccccc3)c3c[nH]c4ccccc34)cnc2n(C)c1=O. The minimum absolute atomic E-state index is 0.0497. The molecule has 0 aliphatic carbocycles. The van der Waals surface area contributed by atoms with Crippen molar-refractivity contribution in [3.8, 4) is 0 Å². The summed E-state index contributed by atoms with van der Waals surface area (Å²) in [6, 6.07) is 18.8. The van der Waals surface area contributed by atoms with E-state index in [-0.39, 0.29) is 28.4 Å². The van der Waals surface area contributed by atoms with Gasteiger partial charge in [-0.1, -0.05) is 48.5 Å². The number of pyridine rings is 1. The van der Waals surface area contributed by atoms with Gasteiger partial charge in [-0.2, -0.15) is 0 Å². The highest BCUT2D eigenvalue weighted by Crippen LogP contribution is 2.30. The number of para-hydroxylation sites is 1. The molecule has 0 unspecified atom stereocenters. The van der Waals surface area contributed by atoms with Gasteiger partial charge in [-0.05, 0) is 23.3 Å². The molecule has 0 saturated carbocycles. The van der Waals surface area contributed by atoms with Crippen LogP contribution in [0.1, 0.15) is 17.0 Å². The first-order valence-electron chi connectivity index (χ1n) is 10.9. The highest BCUT2D eigenvalue weighted by molar-refractivity contribution is 7.89. The fourth-order valence-electron chi connectivity index (χ4n) is 4.34. The summed E-state index contributed by atoms with van der Waals surface area (Å²) in [4.78, 5) is 32.0. The van der Waals surface area contributed by atoms with Crippen LogP contribution in [-0.2, 0) is 24.1 Å². The van der Waals surface area contributed by atoms with Crippen molar-refractivity contribution in [1.82, 2.24) is 23.8 Å². The van der Waals surface area contributed by atoms with Crippen LogP contribution < -0.4 is 16.0 Å². The number of fused-ring (bicyclic) bond motifs is 2. The normalized spacial score (nSPS) is 12.9. The standard InChI is InChI=1S/C25H23N5O4S/c1-29-23-19(24(31)30(2)25(29)32)12-17(13-27-23)35(33,34)28-15-20(16-8-4-3-5-9-16)21-14-26-22-11-7-6-10-18(21)22/h3-14,20,26,28H,15H2,1-2H3/t20-/m1/s1. The average molecular weight is 490 g/mol. The maximum Gasteiger partial charge on any atom is 0.332 e. The molecule has 10 heteroatoms. The minimum Gasteiger partial charge on any atom is -0.361 e. The van der Waals surface area contributed by atoms with Gasteiger partial charge in [-0.3, -0.25) is 13.9 Å². The van der Waals surface area contributed by atoms with E-state index in [1.807, 2.05) is 60.8 Å². The van der Waals surface area contributed by atoms with E-state index in [9.17, 15) is 18.0 Å². The topological polar surface area (TPSA) is 119 Å². The fraction of sp³-hybridized carbons (Fsp3) is 0.160. The summed E-state index contributed by atoms with van der Waals surface area (Å²) in [7, 11) is -1.19. The summed E-state index contributed by atoms with van der Waals surface area (Å²) in [5, 5.41) is 1.06. The van der Waals surface area contributed by atoms with Crippen molar-refractivity contribution >= 4 is 32.0 Å². The molecular formula is C25H23N5O4S. The van der Waals surface area contributed by atoms with Crippen molar-refractivity contribution in [2.75, 3.05) is 6.54 Å².